The van der Waals surface area contributed by atoms with Crippen molar-refractivity contribution in [2.75, 3.05) is 14.1 Å². The fourth-order valence-electron chi connectivity index (χ4n) is 1.68. The maximum Gasteiger partial charge on any atom is 0.0230 e. The first-order chi connectivity index (χ1) is 6.80. The van der Waals surface area contributed by atoms with E-state index in [4.69, 9.17) is 0 Å². The molecule has 0 atom stereocenters. The molecule has 0 bridgehead atoms. The van der Waals surface area contributed by atoms with Crippen molar-refractivity contribution in [3.05, 3.63) is 34.9 Å². The van der Waals surface area contributed by atoms with Crippen LogP contribution < -0.4 is 0 Å². The van der Waals surface area contributed by atoms with Gasteiger partial charge in [-0.25, -0.2) is 0 Å². The SMILES string of the molecule is Cc1cc(C(C)(C)C)ccc1CN(C)C. The quantitative estimate of drug-likeness (QED) is 0.715. The van der Waals surface area contributed by atoms with Crippen LogP contribution in [0, 0.1) is 6.92 Å². The number of benzene rings is 1. The standard InChI is InChI=1S/C14H23N/c1-11-9-13(14(2,3)4)8-7-12(11)10-15(5)6/h7-9H,10H2,1-6H3. The molecule has 0 aliphatic rings. The molecule has 0 fully saturated rings. The zero-order valence-corrected chi connectivity index (χ0v) is 10.9. The second kappa shape index (κ2) is 4.36. The third kappa shape index (κ3) is 3.35. The van der Waals surface area contributed by atoms with E-state index in [1.54, 1.807) is 0 Å². The first-order valence-electron chi connectivity index (χ1n) is 5.55. The molecular weight excluding hydrogens is 182 g/mol. The summed E-state index contributed by atoms with van der Waals surface area (Å²) < 4.78 is 0. The Bertz CT molecular complexity index is 332. The molecule has 0 aliphatic carbocycles. The van der Waals surface area contributed by atoms with Crippen molar-refractivity contribution in [3.8, 4) is 0 Å². The molecule has 1 heteroatoms. The highest BCUT2D eigenvalue weighted by Crippen LogP contribution is 2.24. The largest absolute Gasteiger partial charge is 0.305 e. The highest BCUT2D eigenvalue weighted by Gasteiger charge is 2.14. The molecule has 0 saturated heterocycles. The predicted molar refractivity (Wildman–Crippen MR) is 67.3 cm³/mol. The van der Waals surface area contributed by atoms with Crippen LogP contribution in [0.5, 0.6) is 0 Å². The Morgan fingerprint density at radius 3 is 2.13 bits per heavy atom. The lowest BCUT2D eigenvalue weighted by molar-refractivity contribution is 0.401. The average molecular weight is 205 g/mol. The first-order valence-corrected chi connectivity index (χ1v) is 5.55. The molecule has 0 radical (unpaired) electrons. The lowest BCUT2D eigenvalue weighted by atomic mass is 9.85. The lowest BCUT2D eigenvalue weighted by Crippen LogP contribution is -2.14. The Kier molecular flexibility index (Phi) is 3.56. The van der Waals surface area contributed by atoms with Crippen LogP contribution in [0.15, 0.2) is 18.2 Å². The smallest absolute Gasteiger partial charge is 0.0230 e. The molecule has 0 amide bonds. The summed E-state index contributed by atoms with van der Waals surface area (Å²) in [5.74, 6) is 0. The van der Waals surface area contributed by atoms with Crippen molar-refractivity contribution < 1.29 is 0 Å². The predicted octanol–water partition coefficient (Wildman–Crippen LogP) is 3.35. The van der Waals surface area contributed by atoms with Crippen molar-refractivity contribution >= 4 is 0 Å². The second-order valence-electron chi connectivity index (χ2n) is 5.63. The second-order valence-corrected chi connectivity index (χ2v) is 5.63. The van der Waals surface area contributed by atoms with Crippen LogP contribution in [-0.4, -0.2) is 19.0 Å². The van der Waals surface area contributed by atoms with E-state index in [1.165, 1.54) is 16.7 Å². The molecule has 0 aliphatic heterocycles. The van der Waals surface area contributed by atoms with Gasteiger partial charge in [0.15, 0.2) is 0 Å². The van der Waals surface area contributed by atoms with Gasteiger partial charge in [-0.1, -0.05) is 39.0 Å². The topological polar surface area (TPSA) is 3.24 Å². The van der Waals surface area contributed by atoms with Crippen LogP contribution >= 0.6 is 0 Å². The van der Waals surface area contributed by atoms with Gasteiger partial charge in [0.05, 0.1) is 0 Å². The first kappa shape index (κ1) is 12.3. The Morgan fingerprint density at radius 1 is 1.13 bits per heavy atom. The van der Waals surface area contributed by atoms with Crippen LogP contribution in [0.1, 0.15) is 37.5 Å². The summed E-state index contributed by atoms with van der Waals surface area (Å²) in [6.45, 7) is 10.00. The zero-order chi connectivity index (χ0) is 11.6. The molecule has 0 heterocycles. The van der Waals surface area contributed by atoms with E-state index in [0.29, 0.717) is 0 Å². The van der Waals surface area contributed by atoms with Gasteiger partial charge >= 0.3 is 0 Å². The molecule has 1 nitrogen and oxygen atoms in total. The molecule has 15 heavy (non-hydrogen) atoms. The Hall–Kier alpha value is -0.820. The fraction of sp³-hybridized carbons (Fsp3) is 0.571. The minimum Gasteiger partial charge on any atom is -0.305 e. The monoisotopic (exact) mass is 205 g/mol. The molecule has 1 rings (SSSR count). The van der Waals surface area contributed by atoms with Crippen LogP contribution in [0.4, 0.5) is 0 Å². The third-order valence-electron chi connectivity index (χ3n) is 2.70. The highest BCUT2D eigenvalue weighted by molar-refractivity contribution is 5.34. The molecule has 0 N–H and O–H groups in total. The van der Waals surface area contributed by atoms with Gasteiger partial charge in [-0.05, 0) is 43.1 Å². The summed E-state index contributed by atoms with van der Waals surface area (Å²) in [4.78, 5) is 2.21. The number of hydrogen-bond donors (Lipinski definition) is 0. The van der Waals surface area contributed by atoms with Crippen LogP contribution in [0.2, 0.25) is 0 Å². The van der Waals surface area contributed by atoms with Gasteiger partial charge in [0, 0.05) is 6.54 Å². The van der Waals surface area contributed by atoms with Crippen LogP contribution in [-0.2, 0) is 12.0 Å². The Balaban J connectivity index is 2.98. The van der Waals surface area contributed by atoms with Gasteiger partial charge in [-0.2, -0.15) is 0 Å². The number of aryl methyl sites for hydroxylation is 1. The van der Waals surface area contributed by atoms with Crippen molar-refractivity contribution in [3.63, 3.8) is 0 Å². The van der Waals surface area contributed by atoms with E-state index in [9.17, 15) is 0 Å². The maximum atomic E-state index is 2.32. The molecule has 84 valence electrons. The Labute approximate surface area is 94.1 Å². The summed E-state index contributed by atoms with van der Waals surface area (Å²) in [6, 6.07) is 6.83. The van der Waals surface area contributed by atoms with Gasteiger partial charge in [0.1, 0.15) is 0 Å². The number of nitrogens with zero attached hydrogens (tertiary/aromatic N) is 1. The average Bonchev–Trinajstić information content (AvgIpc) is 2.05. The van der Waals surface area contributed by atoms with Crippen molar-refractivity contribution in [2.45, 2.75) is 39.7 Å². The maximum absolute atomic E-state index is 2.32. The fourth-order valence-corrected chi connectivity index (χ4v) is 1.68. The van der Waals surface area contributed by atoms with Gasteiger partial charge in [-0.3, -0.25) is 0 Å². The zero-order valence-electron chi connectivity index (χ0n) is 10.9. The van der Waals surface area contributed by atoms with Crippen molar-refractivity contribution in [2.24, 2.45) is 0 Å². The van der Waals surface area contributed by atoms with Crippen LogP contribution in [0.25, 0.3) is 0 Å². The number of rotatable bonds is 2. The molecular formula is C14H23N. The van der Waals surface area contributed by atoms with E-state index in [-0.39, 0.29) is 5.41 Å². The van der Waals surface area contributed by atoms with Crippen LogP contribution in [0.3, 0.4) is 0 Å². The molecule has 0 spiro atoms. The van der Waals surface area contributed by atoms with E-state index in [1.807, 2.05) is 0 Å². The Morgan fingerprint density at radius 2 is 1.73 bits per heavy atom. The molecule has 1 aromatic rings. The van der Waals surface area contributed by atoms with Gasteiger partial charge in [-0.15, -0.1) is 0 Å². The van der Waals surface area contributed by atoms with E-state index in [0.717, 1.165) is 6.54 Å². The highest BCUT2D eigenvalue weighted by atomic mass is 15.0. The van der Waals surface area contributed by atoms with E-state index in [2.05, 4.69) is 64.9 Å². The van der Waals surface area contributed by atoms with Crippen molar-refractivity contribution in [1.29, 1.82) is 0 Å². The lowest BCUT2D eigenvalue weighted by Gasteiger charge is -2.21. The summed E-state index contributed by atoms with van der Waals surface area (Å²) in [6.07, 6.45) is 0. The summed E-state index contributed by atoms with van der Waals surface area (Å²) in [7, 11) is 4.22. The summed E-state index contributed by atoms with van der Waals surface area (Å²) in [5.41, 5.74) is 4.49. The number of hydrogen-bond acceptors (Lipinski definition) is 1. The van der Waals surface area contributed by atoms with Gasteiger partial charge < -0.3 is 4.90 Å². The van der Waals surface area contributed by atoms with Crippen molar-refractivity contribution in [1.82, 2.24) is 4.90 Å². The molecule has 0 unspecified atom stereocenters. The van der Waals surface area contributed by atoms with E-state index < -0.39 is 0 Å². The van der Waals surface area contributed by atoms with Gasteiger partial charge in [0.25, 0.3) is 0 Å². The minimum absolute atomic E-state index is 0.251. The third-order valence-corrected chi connectivity index (χ3v) is 2.70. The molecule has 0 saturated carbocycles. The molecule has 0 aromatic heterocycles. The van der Waals surface area contributed by atoms with E-state index >= 15 is 0 Å². The summed E-state index contributed by atoms with van der Waals surface area (Å²) in [5, 5.41) is 0. The minimum atomic E-state index is 0.251. The van der Waals surface area contributed by atoms with Gasteiger partial charge in [0.2, 0.25) is 0 Å². The normalized spacial score (nSPS) is 12.2. The summed E-state index contributed by atoms with van der Waals surface area (Å²) >= 11 is 0. The molecule has 1 aromatic carbocycles.